The molecule has 11 heteroatoms. The average Bonchev–Trinajstić information content (AvgIpc) is 3.33. The molecular weight excluding hydrogens is 562 g/mol. The molecule has 0 unspecified atom stereocenters. The highest BCUT2D eigenvalue weighted by atomic mass is 35.5. The van der Waals surface area contributed by atoms with Gasteiger partial charge in [-0.05, 0) is 59.7 Å². The number of imide groups is 1. The largest absolute Gasteiger partial charge is 0.468 e. The summed E-state index contributed by atoms with van der Waals surface area (Å²) in [6, 6.07) is 15.4. The van der Waals surface area contributed by atoms with Crippen LogP contribution in [0.2, 0.25) is 20.1 Å². The summed E-state index contributed by atoms with van der Waals surface area (Å²) in [5.74, 6) is -2.42. The molecule has 2 aliphatic heterocycles. The van der Waals surface area contributed by atoms with Crippen LogP contribution in [0.3, 0.4) is 0 Å². The quantitative estimate of drug-likeness (QED) is 0.371. The summed E-state index contributed by atoms with van der Waals surface area (Å²) >= 11 is 24.8. The summed E-state index contributed by atoms with van der Waals surface area (Å²) in [5, 5.41) is 4.62. The molecule has 1 N–H and O–H groups in total. The number of esters is 1. The van der Waals surface area contributed by atoms with E-state index < -0.39 is 41.6 Å². The van der Waals surface area contributed by atoms with E-state index in [1.807, 2.05) is 0 Å². The zero-order valence-electron chi connectivity index (χ0n) is 19.1. The standard InChI is InChI=1S/C26H18Cl4N2O5/c1-36-23(33)21-20(18-11-8-16(29)12-19(18)30)26(22(31-21)13-2-4-14(27)5-3-13)24(34)32(25(35)37-26)17-9-6-15(28)7-10-17/h2-12,20-22,31H,1H3/t20-,21+,22+,26-/m0/s1. The van der Waals surface area contributed by atoms with Crippen LogP contribution in [-0.2, 0) is 19.1 Å². The molecule has 2 amide bonds. The molecule has 0 aromatic heterocycles. The number of halogens is 4. The molecule has 2 heterocycles. The van der Waals surface area contributed by atoms with Gasteiger partial charge in [-0.25, -0.2) is 9.69 Å². The Morgan fingerprint density at radius 1 is 0.919 bits per heavy atom. The highest BCUT2D eigenvalue weighted by Gasteiger charge is 2.71. The smallest absolute Gasteiger partial charge is 0.422 e. The second-order valence-electron chi connectivity index (χ2n) is 8.57. The lowest BCUT2D eigenvalue weighted by atomic mass is 9.75. The van der Waals surface area contributed by atoms with E-state index in [-0.39, 0.29) is 10.7 Å². The van der Waals surface area contributed by atoms with Gasteiger partial charge >= 0.3 is 12.1 Å². The average molecular weight is 580 g/mol. The zero-order valence-corrected chi connectivity index (χ0v) is 22.1. The lowest BCUT2D eigenvalue weighted by Gasteiger charge is -2.33. The van der Waals surface area contributed by atoms with Gasteiger partial charge in [0.2, 0.25) is 5.60 Å². The molecule has 2 aliphatic rings. The number of hydrogen-bond acceptors (Lipinski definition) is 6. The van der Waals surface area contributed by atoms with E-state index in [1.54, 1.807) is 48.5 Å². The van der Waals surface area contributed by atoms with Gasteiger partial charge in [-0.15, -0.1) is 0 Å². The number of nitrogens with zero attached hydrogens (tertiary/aromatic N) is 1. The number of hydrogen-bond donors (Lipinski definition) is 1. The molecule has 1 spiro atoms. The zero-order chi connectivity index (χ0) is 26.5. The number of nitrogens with one attached hydrogen (secondary N) is 1. The first-order valence-corrected chi connectivity index (χ1v) is 12.6. The van der Waals surface area contributed by atoms with Crippen molar-refractivity contribution in [2.45, 2.75) is 23.6 Å². The topological polar surface area (TPSA) is 84.9 Å². The lowest BCUT2D eigenvalue weighted by molar-refractivity contribution is -0.144. The van der Waals surface area contributed by atoms with Gasteiger partial charge in [0.05, 0.1) is 24.8 Å². The third kappa shape index (κ3) is 4.25. The van der Waals surface area contributed by atoms with Crippen LogP contribution in [-0.4, -0.2) is 36.7 Å². The molecular formula is C26H18Cl4N2O5. The molecule has 2 fully saturated rings. The predicted octanol–water partition coefficient (Wildman–Crippen LogP) is 6.19. The Morgan fingerprint density at radius 3 is 2.11 bits per heavy atom. The van der Waals surface area contributed by atoms with Crippen molar-refractivity contribution < 1.29 is 23.9 Å². The molecule has 5 rings (SSSR count). The second kappa shape index (κ2) is 9.82. The van der Waals surface area contributed by atoms with E-state index in [9.17, 15) is 14.4 Å². The SMILES string of the molecule is COC(=O)[C@@H]1N[C@H](c2ccc(Cl)cc2)[C@@]2(OC(=O)N(c3ccc(Cl)cc3)C2=O)[C@H]1c1ccc(Cl)cc1Cl. The van der Waals surface area contributed by atoms with E-state index in [4.69, 9.17) is 55.9 Å². The Labute approximate surface area is 232 Å². The normalized spacial score (nSPS) is 25.0. The first-order valence-electron chi connectivity index (χ1n) is 11.0. The van der Waals surface area contributed by atoms with Crippen LogP contribution in [0.5, 0.6) is 0 Å². The minimum absolute atomic E-state index is 0.193. The van der Waals surface area contributed by atoms with Crippen LogP contribution < -0.4 is 10.2 Å². The number of methoxy groups -OCH3 is 1. The molecule has 4 atom stereocenters. The van der Waals surface area contributed by atoms with Crippen LogP contribution >= 0.6 is 46.4 Å². The molecule has 37 heavy (non-hydrogen) atoms. The van der Waals surface area contributed by atoms with Gasteiger partial charge in [0.15, 0.2) is 0 Å². The maximum atomic E-state index is 14.4. The number of carbonyl (C=O) groups excluding carboxylic acids is 3. The maximum absolute atomic E-state index is 14.4. The molecule has 0 saturated carbocycles. The summed E-state index contributed by atoms with van der Waals surface area (Å²) in [7, 11) is 1.23. The summed E-state index contributed by atoms with van der Waals surface area (Å²) in [6.07, 6.45) is -0.909. The van der Waals surface area contributed by atoms with E-state index in [0.717, 1.165) is 4.90 Å². The molecule has 3 aromatic rings. The first-order chi connectivity index (χ1) is 17.7. The monoisotopic (exact) mass is 578 g/mol. The fraction of sp³-hybridized carbons (Fsp3) is 0.192. The number of anilines is 1. The minimum Gasteiger partial charge on any atom is -0.468 e. The Morgan fingerprint density at radius 2 is 1.51 bits per heavy atom. The first kappa shape index (κ1) is 25.8. The second-order valence-corrected chi connectivity index (χ2v) is 10.3. The van der Waals surface area contributed by atoms with Crippen LogP contribution in [0.4, 0.5) is 10.5 Å². The number of rotatable bonds is 4. The van der Waals surface area contributed by atoms with Gasteiger partial charge in [-0.3, -0.25) is 14.9 Å². The Hall–Kier alpha value is -2.81. The summed E-state index contributed by atoms with van der Waals surface area (Å²) in [4.78, 5) is 41.7. The van der Waals surface area contributed by atoms with E-state index >= 15 is 0 Å². The molecule has 7 nitrogen and oxygen atoms in total. The molecule has 2 saturated heterocycles. The molecule has 0 aliphatic carbocycles. The third-order valence-corrected chi connectivity index (χ3v) is 7.65. The van der Waals surface area contributed by atoms with Crippen molar-refractivity contribution >= 4 is 70.1 Å². The van der Waals surface area contributed by atoms with Crippen molar-refractivity contribution in [1.29, 1.82) is 0 Å². The van der Waals surface area contributed by atoms with Gasteiger partial charge in [0, 0.05) is 20.1 Å². The Kier molecular flexibility index (Phi) is 6.85. The molecule has 190 valence electrons. The van der Waals surface area contributed by atoms with Crippen LogP contribution in [0, 0.1) is 0 Å². The van der Waals surface area contributed by atoms with Crippen molar-refractivity contribution in [2.24, 2.45) is 0 Å². The third-order valence-electron chi connectivity index (χ3n) is 6.59. The summed E-state index contributed by atoms with van der Waals surface area (Å²) in [5.41, 5.74) is -0.718. The van der Waals surface area contributed by atoms with Gasteiger partial charge in [-0.2, -0.15) is 0 Å². The Bertz CT molecular complexity index is 1400. The highest BCUT2D eigenvalue weighted by Crippen LogP contribution is 2.54. The predicted molar refractivity (Wildman–Crippen MR) is 140 cm³/mol. The number of amides is 2. The highest BCUT2D eigenvalue weighted by molar-refractivity contribution is 6.35. The number of ether oxygens (including phenoxy) is 2. The van der Waals surface area contributed by atoms with Crippen molar-refractivity contribution in [1.82, 2.24) is 5.32 Å². The van der Waals surface area contributed by atoms with Gasteiger partial charge in [-0.1, -0.05) is 64.6 Å². The number of carbonyl (C=O) groups is 3. The van der Waals surface area contributed by atoms with E-state index in [0.29, 0.717) is 26.2 Å². The van der Waals surface area contributed by atoms with Crippen LogP contribution in [0.15, 0.2) is 66.7 Å². The van der Waals surface area contributed by atoms with Crippen molar-refractivity contribution in [3.63, 3.8) is 0 Å². The fourth-order valence-electron chi connectivity index (χ4n) is 5.00. The van der Waals surface area contributed by atoms with Gasteiger partial charge < -0.3 is 9.47 Å². The minimum atomic E-state index is -1.92. The fourth-order valence-corrected chi connectivity index (χ4v) is 5.78. The lowest BCUT2D eigenvalue weighted by Crippen LogP contribution is -2.49. The molecule has 0 radical (unpaired) electrons. The van der Waals surface area contributed by atoms with Gasteiger partial charge in [0.1, 0.15) is 6.04 Å². The summed E-state index contributed by atoms with van der Waals surface area (Å²) in [6.45, 7) is 0. The van der Waals surface area contributed by atoms with Gasteiger partial charge in [0.25, 0.3) is 5.91 Å². The van der Waals surface area contributed by atoms with E-state index in [2.05, 4.69) is 5.32 Å². The van der Waals surface area contributed by atoms with Crippen LogP contribution in [0.25, 0.3) is 0 Å². The van der Waals surface area contributed by atoms with Crippen LogP contribution in [0.1, 0.15) is 23.1 Å². The van der Waals surface area contributed by atoms with Crippen molar-refractivity contribution in [3.8, 4) is 0 Å². The molecule has 0 bridgehead atoms. The summed E-state index contributed by atoms with van der Waals surface area (Å²) < 4.78 is 11.1. The van der Waals surface area contributed by atoms with E-state index in [1.165, 1.54) is 25.3 Å². The maximum Gasteiger partial charge on any atom is 0.422 e. The molecule has 3 aromatic carbocycles. The number of benzene rings is 3. The Balaban J connectivity index is 1.75. The van der Waals surface area contributed by atoms with Crippen molar-refractivity contribution in [3.05, 3.63) is 97.9 Å². The van der Waals surface area contributed by atoms with Crippen molar-refractivity contribution in [2.75, 3.05) is 12.0 Å².